The maximum atomic E-state index is 5.84. The van der Waals surface area contributed by atoms with Crippen LogP contribution in [0.2, 0.25) is 0 Å². The van der Waals surface area contributed by atoms with E-state index >= 15 is 0 Å². The van der Waals surface area contributed by atoms with Gasteiger partial charge < -0.3 is 5.73 Å². The van der Waals surface area contributed by atoms with E-state index < -0.39 is 0 Å². The van der Waals surface area contributed by atoms with Gasteiger partial charge in [0.25, 0.3) is 0 Å². The normalized spacial score (nSPS) is 11.1. The third-order valence-corrected chi connectivity index (χ3v) is 4.06. The summed E-state index contributed by atoms with van der Waals surface area (Å²) in [6.45, 7) is 4.78. The summed E-state index contributed by atoms with van der Waals surface area (Å²) < 4.78 is 1.90. The van der Waals surface area contributed by atoms with E-state index in [4.69, 9.17) is 5.73 Å². The van der Waals surface area contributed by atoms with E-state index in [2.05, 4.69) is 60.6 Å². The lowest BCUT2D eigenvalue weighted by atomic mass is 10.0. The van der Waals surface area contributed by atoms with Crippen LogP contribution < -0.4 is 5.73 Å². The number of hydrogen-bond acceptors (Lipinski definition) is 3. The van der Waals surface area contributed by atoms with Gasteiger partial charge in [-0.25, -0.2) is 4.68 Å². The van der Waals surface area contributed by atoms with E-state index in [0.29, 0.717) is 12.5 Å². The average molecular weight is 306 g/mol. The molecule has 0 spiro atoms. The molecule has 2 aromatic carbocycles. The van der Waals surface area contributed by atoms with E-state index in [1.54, 1.807) is 0 Å². The summed E-state index contributed by atoms with van der Waals surface area (Å²) in [7, 11) is 0. The van der Waals surface area contributed by atoms with Crippen molar-refractivity contribution in [1.82, 2.24) is 15.0 Å². The summed E-state index contributed by atoms with van der Waals surface area (Å²) >= 11 is 0. The Bertz CT molecular complexity index is 758. The van der Waals surface area contributed by atoms with E-state index in [-0.39, 0.29) is 0 Å². The van der Waals surface area contributed by atoms with Crippen LogP contribution in [-0.4, -0.2) is 15.0 Å². The number of rotatable bonds is 5. The fourth-order valence-corrected chi connectivity index (χ4v) is 2.67. The highest BCUT2D eigenvalue weighted by molar-refractivity contribution is 5.38. The fourth-order valence-electron chi connectivity index (χ4n) is 2.67. The predicted octanol–water partition coefficient (Wildman–Crippen LogP) is 3.44. The Hall–Kier alpha value is -2.46. The van der Waals surface area contributed by atoms with Gasteiger partial charge in [-0.1, -0.05) is 61.5 Å². The first-order chi connectivity index (χ1) is 11.2. The molecule has 0 aliphatic heterocycles. The molecule has 118 valence electrons. The van der Waals surface area contributed by atoms with Crippen molar-refractivity contribution in [2.24, 2.45) is 5.73 Å². The van der Waals surface area contributed by atoms with E-state index in [0.717, 1.165) is 23.5 Å². The molecule has 0 saturated heterocycles. The number of nitrogens with zero attached hydrogens (tertiary/aromatic N) is 3. The van der Waals surface area contributed by atoms with Gasteiger partial charge in [-0.3, -0.25) is 0 Å². The molecule has 3 aromatic rings. The summed E-state index contributed by atoms with van der Waals surface area (Å²) in [5.74, 6) is 0.517. The first-order valence-corrected chi connectivity index (χ1v) is 7.97. The molecule has 0 unspecified atom stereocenters. The summed E-state index contributed by atoms with van der Waals surface area (Å²) in [4.78, 5) is 0. The molecule has 0 aliphatic carbocycles. The largest absolute Gasteiger partial charge is 0.325 e. The first-order valence-electron chi connectivity index (χ1n) is 7.97. The molecule has 0 atom stereocenters. The Morgan fingerprint density at radius 2 is 1.70 bits per heavy atom. The highest BCUT2D eigenvalue weighted by atomic mass is 15.4. The molecule has 4 heteroatoms. The monoisotopic (exact) mass is 306 g/mol. The van der Waals surface area contributed by atoms with Gasteiger partial charge in [0.2, 0.25) is 0 Å². The van der Waals surface area contributed by atoms with Crippen LogP contribution in [0, 0.1) is 0 Å². The number of hydrogen-bond donors (Lipinski definition) is 1. The molecule has 0 saturated carbocycles. The molecular formula is C19H22N4. The van der Waals surface area contributed by atoms with Gasteiger partial charge in [-0.15, -0.1) is 5.10 Å². The van der Waals surface area contributed by atoms with Crippen molar-refractivity contribution in [3.63, 3.8) is 0 Å². The smallest absolute Gasteiger partial charge is 0.100 e. The lowest BCUT2D eigenvalue weighted by Crippen LogP contribution is -2.07. The van der Waals surface area contributed by atoms with Gasteiger partial charge in [0, 0.05) is 13.0 Å². The number of nitrogens with two attached hydrogens (primary N) is 1. The molecule has 3 rings (SSSR count). The minimum absolute atomic E-state index is 0.395. The van der Waals surface area contributed by atoms with Crippen LogP contribution in [-0.2, 0) is 13.0 Å². The quantitative estimate of drug-likeness (QED) is 0.785. The molecule has 0 aliphatic rings. The number of benzene rings is 2. The topological polar surface area (TPSA) is 56.7 Å². The van der Waals surface area contributed by atoms with Crippen LogP contribution >= 0.6 is 0 Å². The lowest BCUT2D eigenvalue weighted by Gasteiger charge is -2.10. The molecule has 1 aromatic heterocycles. The zero-order valence-corrected chi connectivity index (χ0v) is 13.6. The van der Waals surface area contributed by atoms with Crippen molar-refractivity contribution in [3.05, 3.63) is 77.1 Å². The van der Waals surface area contributed by atoms with Crippen molar-refractivity contribution in [3.8, 4) is 5.69 Å². The Morgan fingerprint density at radius 3 is 2.30 bits per heavy atom. The molecule has 0 bridgehead atoms. The van der Waals surface area contributed by atoms with Crippen LogP contribution in [0.1, 0.15) is 42.3 Å². The SMILES string of the molecule is CC(C)c1ccc(-n2nnc(CN)c2Cc2ccccc2)cc1. The standard InChI is InChI=1S/C19H22N4/c1-14(2)16-8-10-17(11-9-16)23-19(18(13-20)21-22-23)12-15-6-4-3-5-7-15/h3-11,14H,12-13,20H2,1-2H3. The first kappa shape index (κ1) is 15.4. The van der Waals surface area contributed by atoms with Crippen molar-refractivity contribution in [2.75, 3.05) is 0 Å². The maximum Gasteiger partial charge on any atom is 0.100 e. The lowest BCUT2D eigenvalue weighted by molar-refractivity contribution is 0.770. The second-order valence-corrected chi connectivity index (χ2v) is 6.01. The Labute approximate surface area is 137 Å². The second kappa shape index (κ2) is 6.75. The van der Waals surface area contributed by atoms with Gasteiger partial charge in [0.1, 0.15) is 5.69 Å². The van der Waals surface area contributed by atoms with Gasteiger partial charge >= 0.3 is 0 Å². The molecular weight excluding hydrogens is 284 g/mol. The molecule has 0 amide bonds. The second-order valence-electron chi connectivity index (χ2n) is 6.01. The predicted molar refractivity (Wildman–Crippen MR) is 92.6 cm³/mol. The molecule has 2 N–H and O–H groups in total. The average Bonchev–Trinajstić information content (AvgIpc) is 2.98. The summed E-state index contributed by atoms with van der Waals surface area (Å²) in [6, 6.07) is 18.8. The highest BCUT2D eigenvalue weighted by Gasteiger charge is 2.14. The van der Waals surface area contributed by atoms with Crippen molar-refractivity contribution in [1.29, 1.82) is 0 Å². The van der Waals surface area contributed by atoms with Crippen LogP contribution in [0.25, 0.3) is 5.69 Å². The third kappa shape index (κ3) is 3.32. The van der Waals surface area contributed by atoms with Crippen molar-refractivity contribution >= 4 is 0 Å². The zero-order valence-electron chi connectivity index (χ0n) is 13.6. The van der Waals surface area contributed by atoms with Crippen LogP contribution in [0.4, 0.5) is 0 Å². The summed E-state index contributed by atoms with van der Waals surface area (Å²) in [5.41, 5.74) is 11.3. The van der Waals surface area contributed by atoms with E-state index in [9.17, 15) is 0 Å². The van der Waals surface area contributed by atoms with Gasteiger partial charge in [-0.05, 0) is 29.2 Å². The third-order valence-electron chi connectivity index (χ3n) is 4.06. The van der Waals surface area contributed by atoms with Crippen LogP contribution in [0.15, 0.2) is 54.6 Å². The van der Waals surface area contributed by atoms with Crippen LogP contribution in [0.3, 0.4) is 0 Å². The summed E-state index contributed by atoms with van der Waals surface area (Å²) in [5, 5.41) is 8.57. The van der Waals surface area contributed by atoms with Crippen molar-refractivity contribution in [2.45, 2.75) is 32.7 Å². The number of aromatic nitrogens is 3. The Kier molecular flexibility index (Phi) is 4.53. The van der Waals surface area contributed by atoms with E-state index in [1.807, 2.05) is 22.9 Å². The summed E-state index contributed by atoms with van der Waals surface area (Å²) in [6.07, 6.45) is 0.770. The van der Waals surface area contributed by atoms with E-state index in [1.165, 1.54) is 11.1 Å². The molecule has 1 heterocycles. The van der Waals surface area contributed by atoms with Gasteiger partial charge in [0.15, 0.2) is 0 Å². The zero-order chi connectivity index (χ0) is 16.2. The maximum absolute atomic E-state index is 5.84. The van der Waals surface area contributed by atoms with Crippen LogP contribution in [0.5, 0.6) is 0 Å². The fraction of sp³-hybridized carbons (Fsp3) is 0.263. The Balaban J connectivity index is 1.97. The minimum atomic E-state index is 0.395. The van der Waals surface area contributed by atoms with Crippen molar-refractivity contribution < 1.29 is 0 Å². The molecule has 0 fully saturated rings. The van der Waals surface area contributed by atoms with Gasteiger partial charge in [-0.2, -0.15) is 0 Å². The van der Waals surface area contributed by atoms with Gasteiger partial charge in [0.05, 0.1) is 11.4 Å². The molecule has 4 nitrogen and oxygen atoms in total. The minimum Gasteiger partial charge on any atom is -0.325 e. The Morgan fingerprint density at radius 1 is 1.00 bits per heavy atom. The molecule has 23 heavy (non-hydrogen) atoms. The highest BCUT2D eigenvalue weighted by Crippen LogP contribution is 2.20. The molecule has 0 radical (unpaired) electrons.